The molecule has 4 nitrogen and oxygen atoms in total. The molecule has 0 aliphatic carbocycles. The monoisotopic (exact) mass is 361 g/mol. The average molecular weight is 361 g/mol. The van der Waals surface area contributed by atoms with Crippen molar-refractivity contribution in [3.63, 3.8) is 0 Å². The van der Waals surface area contributed by atoms with E-state index in [9.17, 15) is 4.79 Å². The third kappa shape index (κ3) is 4.45. The zero-order valence-corrected chi connectivity index (χ0v) is 16.4. The van der Waals surface area contributed by atoms with Gasteiger partial charge in [0, 0.05) is 17.1 Å². The molecule has 0 bridgehead atoms. The number of pyridine rings is 1. The fourth-order valence-corrected chi connectivity index (χ4v) is 2.93. The molecule has 1 amide bonds. The summed E-state index contributed by atoms with van der Waals surface area (Å²) in [6.07, 6.45) is 0.891. The molecule has 0 fully saturated rings. The summed E-state index contributed by atoms with van der Waals surface area (Å²) in [6, 6.07) is 18.0. The second-order valence-electron chi connectivity index (χ2n) is 7.26. The summed E-state index contributed by atoms with van der Waals surface area (Å²) >= 11 is 0. The van der Waals surface area contributed by atoms with Crippen LogP contribution in [0.1, 0.15) is 56.0 Å². The molecule has 4 heteroatoms. The van der Waals surface area contributed by atoms with Crippen molar-refractivity contribution in [3.05, 3.63) is 65.7 Å². The van der Waals surface area contributed by atoms with Crippen LogP contribution in [0.2, 0.25) is 0 Å². The first-order chi connectivity index (χ1) is 13.0. The Morgan fingerprint density at radius 1 is 1.04 bits per heavy atom. The highest BCUT2D eigenvalue weighted by molar-refractivity contribution is 6.07. The van der Waals surface area contributed by atoms with Crippen LogP contribution in [0.15, 0.2) is 54.6 Å². The molecule has 1 aromatic heterocycles. The summed E-state index contributed by atoms with van der Waals surface area (Å²) in [5, 5.41) is 7.25. The minimum atomic E-state index is -0.0684. The second-order valence-corrected chi connectivity index (χ2v) is 7.26. The number of benzene rings is 2. The van der Waals surface area contributed by atoms with Gasteiger partial charge in [0.25, 0.3) is 5.91 Å². The number of rotatable bonds is 6. The van der Waals surface area contributed by atoms with Crippen molar-refractivity contribution >= 4 is 28.3 Å². The van der Waals surface area contributed by atoms with E-state index in [-0.39, 0.29) is 11.9 Å². The van der Waals surface area contributed by atoms with E-state index in [1.807, 2.05) is 49.4 Å². The fraction of sp³-hybridized carbons (Fsp3) is 0.304. The summed E-state index contributed by atoms with van der Waals surface area (Å²) in [5.74, 6) is 1.09. The highest BCUT2D eigenvalue weighted by Crippen LogP contribution is 2.24. The van der Waals surface area contributed by atoms with Gasteiger partial charge >= 0.3 is 0 Å². The fourth-order valence-electron chi connectivity index (χ4n) is 2.93. The lowest BCUT2D eigenvalue weighted by Gasteiger charge is -2.15. The summed E-state index contributed by atoms with van der Waals surface area (Å²) in [7, 11) is 0. The molecule has 2 N–H and O–H groups in total. The summed E-state index contributed by atoms with van der Waals surface area (Å²) < 4.78 is 0. The minimum absolute atomic E-state index is 0.0684. The van der Waals surface area contributed by atoms with Crippen molar-refractivity contribution < 1.29 is 4.79 Å². The predicted molar refractivity (Wildman–Crippen MR) is 113 cm³/mol. The van der Waals surface area contributed by atoms with E-state index in [1.54, 1.807) is 0 Å². The summed E-state index contributed by atoms with van der Waals surface area (Å²) in [5.41, 5.74) is 3.69. The Kier molecular flexibility index (Phi) is 5.75. The number of aromatic nitrogens is 1. The first kappa shape index (κ1) is 18.9. The van der Waals surface area contributed by atoms with Gasteiger partial charge in [-0.2, -0.15) is 0 Å². The lowest BCUT2D eigenvalue weighted by molar-refractivity contribution is 0.0941. The van der Waals surface area contributed by atoms with Crippen LogP contribution < -0.4 is 10.6 Å². The molecule has 140 valence electrons. The van der Waals surface area contributed by atoms with Gasteiger partial charge in [-0.1, -0.05) is 51.1 Å². The Morgan fingerprint density at radius 2 is 1.74 bits per heavy atom. The quantitative estimate of drug-likeness (QED) is 0.598. The first-order valence-corrected chi connectivity index (χ1v) is 9.55. The highest BCUT2D eigenvalue weighted by Gasteiger charge is 2.14. The second kappa shape index (κ2) is 8.21. The van der Waals surface area contributed by atoms with Crippen LogP contribution in [0.3, 0.4) is 0 Å². The number of nitrogens with zero attached hydrogens (tertiary/aromatic N) is 1. The van der Waals surface area contributed by atoms with E-state index in [0.29, 0.717) is 17.3 Å². The third-order valence-electron chi connectivity index (χ3n) is 4.80. The number of nitrogens with one attached hydrogen (secondary N) is 2. The lowest BCUT2D eigenvalue weighted by atomic mass is 10.0. The smallest absolute Gasteiger partial charge is 0.252 e. The molecular formula is C23H27N3O. The summed E-state index contributed by atoms with van der Waals surface area (Å²) in [6.45, 7) is 8.42. The van der Waals surface area contributed by atoms with Gasteiger partial charge < -0.3 is 10.6 Å². The average Bonchev–Trinajstić information content (AvgIpc) is 2.67. The first-order valence-electron chi connectivity index (χ1n) is 9.55. The number of hydrogen-bond donors (Lipinski definition) is 2. The largest absolute Gasteiger partial charge is 0.350 e. The van der Waals surface area contributed by atoms with E-state index < -0.39 is 0 Å². The lowest BCUT2D eigenvalue weighted by Crippen LogP contribution is -2.32. The number of carbonyl (C=O) groups is 1. The molecule has 27 heavy (non-hydrogen) atoms. The molecule has 0 radical (unpaired) electrons. The van der Waals surface area contributed by atoms with Crippen LogP contribution in [0, 0.1) is 0 Å². The molecular weight excluding hydrogens is 334 g/mol. The van der Waals surface area contributed by atoms with E-state index in [0.717, 1.165) is 23.0 Å². The normalized spacial score (nSPS) is 12.2. The molecule has 0 saturated carbocycles. The van der Waals surface area contributed by atoms with Crippen LogP contribution in [-0.4, -0.2) is 16.9 Å². The molecule has 1 unspecified atom stereocenters. The van der Waals surface area contributed by atoms with Gasteiger partial charge in [0.05, 0.1) is 11.1 Å². The van der Waals surface area contributed by atoms with Gasteiger partial charge in [-0.15, -0.1) is 0 Å². The molecule has 1 heterocycles. The molecule has 0 aliphatic rings. The van der Waals surface area contributed by atoms with E-state index in [2.05, 4.69) is 48.5 Å². The van der Waals surface area contributed by atoms with Crippen LogP contribution in [0.5, 0.6) is 0 Å². The SMILES string of the molecule is CCC(C)NC(=O)c1cc(Nc2ccc(C(C)C)cc2)nc2ccccc12. The van der Waals surface area contributed by atoms with E-state index >= 15 is 0 Å². The van der Waals surface area contributed by atoms with Gasteiger partial charge in [-0.25, -0.2) is 4.98 Å². The van der Waals surface area contributed by atoms with Crippen molar-refractivity contribution in [2.75, 3.05) is 5.32 Å². The van der Waals surface area contributed by atoms with Gasteiger partial charge in [0.2, 0.25) is 0 Å². The molecule has 3 aromatic rings. The van der Waals surface area contributed by atoms with Crippen LogP contribution in [0.25, 0.3) is 10.9 Å². The number of fused-ring (bicyclic) bond motifs is 1. The molecule has 1 atom stereocenters. The highest BCUT2D eigenvalue weighted by atomic mass is 16.1. The maximum absolute atomic E-state index is 12.8. The Balaban J connectivity index is 1.95. The van der Waals surface area contributed by atoms with Crippen LogP contribution in [0.4, 0.5) is 11.5 Å². The van der Waals surface area contributed by atoms with Crippen molar-refractivity contribution in [3.8, 4) is 0 Å². The molecule has 0 spiro atoms. The summed E-state index contributed by atoms with van der Waals surface area (Å²) in [4.78, 5) is 17.5. The zero-order valence-electron chi connectivity index (χ0n) is 16.4. The number of amides is 1. The van der Waals surface area contributed by atoms with Gasteiger partial charge in [0.15, 0.2) is 0 Å². The van der Waals surface area contributed by atoms with Crippen molar-refractivity contribution in [2.45, 2.75) is 46.1 Å². The molecule has 2 aromatic carbocycles. The van der Waals surface area contributed by atoms with Gasteiger partial charge in [-0.3, -0.25) is 4.79 Å². The van der Waals surface area contributed by atoms with E-state index in [1.165, 1.54) is 5.56 Å². The predicted octanol–water partition coefficient (Wildman–Crippen LogP) is 5.63. The number of para-hydroxylation sites is 1. The van der Waals surface area contributed by atoms with Crippen molar-refractivity contribution in [1.82, 2.24) is 10.3 Å². The van der Waals surface area contributed by atoms with E-state index in [4.69, 9.17) is 0 Å². The van der Waals surface area contributed by atoms with Gasteiger partial charge in [0.1, 0.15) is 5.82 Å². The molecule has 0 saturated heterocycles. The topological polar surface area (TPSA) is 54.0 Å². The Morgan fingerprint density at radius 3 is 2.41 bits per heavy atom. The maximum Gasteiger partial charge on any atom is 0.252 e. The van der Waals surface area contributed by atoms with Gasteiger partial charge in [-0.05, 0) is 49.1 Å². The molecule has 0 aliphatic heterocycles. The van der Waals surface area contributed by atoms with Crippen molar-refractivity contribution in [1.29, 1.82) is 0 Å². The number of anilines is 2. The number of hydrogen-bond acceptors (Lipinski definition) is 3. The Labute approximate surface area is 161 Å². The Hall–Kier alpha value is -2.88. The molecule has 3 rings (SSSR count). The van der Waals surface area contributed by atoms with Crippen LogP contribution >= 0.6 is 0 Å². The minimum Gasteiger partial charge on any atom is -0.350 e. The standard InChI is InChI=1S/C23H27N3O/c1-5-16(4)24-23(27)20-14-22(26-21-9-7-6-8-19(20)21)25-18-12-10-17(11-13-18)15(2)3/h6-16H,5H2,1-4H3,(H,24,27)(H,25,26). The van der Waals surface area contributed by atoms with Crippen LogP contribution in [-0.2, 0) is 0 Å². The zero-order chi connectivity index (χ0) is 19.4. The maximum atomic E-state index is 12.8. The Bertz CT molecular complexity index is 932. The third-order valence-corrected chi connectivity index (χ3v) is 4.80. The van der Waals surface area contributed by atoms with Crippen molar-refractivity contribution in [2.24, 2.45) is 0 Å². The number of carbonyl (C=O) groups excluding carboxylic acids is 1.